The standard InChI is InChI=1S/C64H111N9O12S/c1-9-82-56(59(5,6)78)44-38-42(2)52-54(84-44)55(76)64(65)47-17-16-46-58(3,4)48(18-21-62(46)41-63(47,62)23-22-60(52,64)7)85-51-39-73(30-33-83-51)29-28-72(27-25-67-50(75)19-20-61(8)70-71-61)26-13-32-80-35-37-81-36-34-79-31-12-24-66-49(74)15-11-10-14-45-53-43(40-86-45)68-57(77)69-53/h42-48,51-56,76,78H,9-41,65H2,1-8H3,(H,66,74)(H,67,75)(H2,68,69,77). The molecule has 5 aliphatic carbocycles. The number of nitrogens with zero attached hydrogens (tertiary/aromatic N) is 4. The minimum Gasteiger partial charge on any atom is -0.388 e. The van der Waals surface area contributed by atoms with Gasteiger partial charge < -0.3 is 75.3 Å². The van der Waals surface area contributed by atoms with Gasteiger partial charge in [-0.1, -0.05) is 34.1 Å². The molecule has 2 spiro atoms. The first kappa shape index (κ1) is 66.6. The van der Waals surface area contributed by atoms with Crippen LogP contribution in [0.3, 0.4) is 0 Å². The number of amides is 4. The summed E-state index contributed by atoms with van der Waals surface area (Å²) in [6.45, 7) is 27.3. The van der Waals surface area contributed by atoms with E-state index in [-0.39, 0.29) is 93.9 Å². The lowest BCUT2D eigenvalue weighted by molar-refractivity contribution is -0.246. The molecule has 490 valence electrons. The highest BCUT2D eigenvalue weighted by molar-refractivity contribution is 8.00. The Morgan fingerprint density at radius 3 is 2.35 bits per heavy atom. The van der Waals surface area contributed by atoms with Crippen LogP contribution < -0.4 is 27.0 Å². The Bertz CT molecular complexity index is 2320. The number of ether oxygens (including phenoxy) is 7. The number of nitrogens with one attached hydrogen (secondary N) is 4. The number of urea groups is 1. The highest BCUT2D eigenvalue weighted by atomic mass is 32.2. The molecule has 21 nitrogen and oxygen atoms in total. The molecule has 5 heterocycles. The molecule has 0 radical (unpaired) electrons. The van der Waals surface area contributed by atoms with Crippen molar-refractivity contribution in [2.45, 2.75) is 229 Å². The summed E-state index contributed by atoms with van der Waals surface area (Å²) in [7, 11) is 0. The lowest BCUT2D eigenvalue weighted by Crippen LogP contribution is -2.70. The number of aliphatic hydroxyl groups excluding tert-OH is 1. The van der Waals surface area contributed by atoms with Crippen molar-refractivity contribution in [1.82, 2.24) is 31.1 Å². The first-order valence-electron chi connectivity index (χ1n) is 33.6. The van der Waals surface area contributed by atoms with Gasteiger partial charge in [0.1, 0.15) is 6.10 Å². The number of carbonyl (C=O) groups excluding carboxylic acids is 3. The van der Waals surface area contributed by atoms with Gasteiger partial charge in [0.05, 0.1) is 80.7 Å². The SMILES string of the molecule is CCOC(C1CC(C)C2C(O1)C(O)C1(N)C3CCC4C(C)(C)C(OC5CN(CCN(CCCOCCOCCOCCCNC(=O)CCCCC6SCC7NC(=O)NC76)CCNC(=O)CCC6(C)N=N6)CCO5)CCC45CC35CCC21C)C(C)(C)O. The van der Waals surface area contributed by atoms with Gasteiger partial charge in [-0.25, -0.2) is 4.79 Å². The van der Waals surface area contributed by atoms with Crippen molar-refractivity contribution >= 4 is 29.6 Å². The number of hydrogen-bond acceptors (Lipinski definition) is 18. The van der Waals surface area contributed by atoms with Crippen LogP contribution in [-0.4, -0.2) is 220 Å². The second-order valence-electron chi connectivity index (χ2n) is 29.3. The van der Waals surface area contributed by atoms with Crippen molar-refractivity contribution in [3.05, 3.63) is 0 Å². The number of rotatable bonds is 34. The van der Waals surface area contributed by atoms with Crippen LogP contribution in [0.1, 0.15) is 158 Å². The van der Waals surface area contributed by atoms with E-state index in [1.54, 1.807) is 13.8 Å². The summed E-state index contributed by atoms with van der Waals surface area (Å²) >= 11 is 1.91. The third kappa shape index (κ3) is 14.2. The number of fused-ring (bicyclic) bond motifs is 5. The van der Waals surface area contributed by atoms with Crippen LogP contribution in [0.5, 0.6) is 0 Å². The van der Waals surface area contributed by atoms with E-state index in [2.05, 4.69) is 69.0 Å². The van der Waals surface area contributed by atoms with E-state index in [0.717, 1.165) is 116 Å². The molecule has 4 saturated heterocycles. The third-order valence-electron chi connectivity index (χ3n) is 23.2. The van der Waals surface area contributed by atoms with Crippen LogP contribution >= 0.6 is 11.8 Å². The molecule has 8 N–H and O–H groups in total. The van der Waals surface area contributed by atoms with Crippen molar-refractivity contribution in [3.8, 4) is 0 Å². The second-order valence-corrected chi connectivity index (χ2v) is 30.6. The maximum absolute atomic E-state index is 12.8. The topological polar surface area (TPSA) is 262 Å². The zero-order valence-electron chi connectivity index (χ0n) is 53.6. The first-order valence-corrected chi connectivity index (χ1v) is 34.7. The lowest BCUT2D eigenvalue weighted by Gasteiger charge is -2.63. The molecule has 0 aromatic carbocycles. The van der Waals surface area contributed by atoms with Crippen molar-refractivity contribution in [2.24, 2.45) is 61.3 Å². The Balaban J connectivity index is 0.626. The summed E-state index contributed by atoms with van der Waals surface area (Å²) < 4.78 is 44.2. The lowest BCUT2D eigenvalue weighted by atomic mass is 9.43. The summed E-state index contributed by atoms with van der Waals surface area (Å²) in [5, 5.41) is 44.6. The normalized spacial score (nSPS) is 38.4. The number of carbonyl (C=O) groups is 3. The predicted octanol–water partition coefficient (Wildman–Crippen LogP) is 5.76. The molecule has 5 saturated carbocycles. The smallest absolute Gasteiger partial charge is 0.315 e. The third-order valence-corrected chi connectivity index (χ3v) is 24.7. The van der Waals surface area contributed by atoms with Crippen molar-refractivity contribution < 1.29 is 57.8 Å². The van der Waals surface area contributed by atoms with Gasteiger partial charge in [-0.2, -0.15) is 22.0 Å². The molecule has 0 aromatic heterocycles. The molecule has 9 fully saturated rings. The first-order chi connectivity index (χ1) is 41.1. The Morgan fingerprint density at radius 1 is 0.895 bits per heavy atom. The fraction of sp³-hybridized carbons (Fsp3) is 0.953. The molecule has 10 rings (SSSR count). The molecular formula is C64H111N9O12S. The van der Waals surface area contributed by atoms with Crippen LogP contribution in [0.2, 0.25) is 0 Å². The van der Waals surface area contributed by atoms with E-state index in [1.165, 1.54) is 6.42 Å². The number of unbranched alkanes of at least 4 members (excludes halogenated alkanes) is 1. The second kappa shape index (κ2) is 27.9. The molecule has 86 heavy (non-hydrogen) atoms. The van der Waals surface area contributed by atoms with Crippen molar-refractivity contribution in [3.63, 3.8) is 0 Å². The molecule has 5 aliphatic heterocycles. The number of morpholine rings is 1. The number of thioether (sulfide) groups is 1. The molecular weight excluding hydrogens is 1120 g/mol. The Labute approximate surface area is 517 Å². The van der Waals surface area contributed by atoms with Gasteiger partial charge >= 0.3 is 6.03 Å². The molecule has 10 aliphatic rings. The molecule has 22 heteroatoms. The van der Waals surface area contributed by atoms with Gasteiger partial charge in [-0.05, 0) is 150 Å². The van der Waals surface area contributed by atoms with E-state index in [4.69, 9.17) is 38.9 Å². The van der Waals surface area contributed by atoms with Crippen molar-refractivity contribution in [1.29, 1.82) is 0 Å². The van der Waals surface area contributed by atoms with E-state index in [9.17, 15) is 24.6 Å². The van der Waals surface area contributed by atoms with E-state index >= 15 is 0 Å². The van der Waals surface area contributed by atoms with Gasteiger partial charge in [0.15, 0.2) is 12.0 Å². The summed E-state index contributed by atoms with van der Waals surface area (Å²) in [5.41, 5.74) is 5.69. The van der Waals surface area contributed by atoms with Crippen LogP contribution in [0.4, 0.5) is 4.79 Å². The maximum Gasteiger partial charge on any atom is 0.315 e. The molecule has 17 atom stereocenters. The summed E-state index contributed by atoms with van der Waals surface area (Å²) in [6.07, 6.45) is 12.0. The number of nitrogens with two attached hydrogens (primary N) is 1. The van der Waals surface area contributed by atoms with Crippen LogP contribution in [-0.2, 0) is 42.7 Å². The van der Waals surface area contributed by atoms with Crippen LogP contribution in [0.15, 0.2) is 10.2 Å². The fourth-order valence-corrected chi connectivity index (χ4v) is 20.3. The number of aliphatic hydroxyl groups is 2. The quantitative estimate of drug-likeness (QED) is 0.0298. The monoisotopic (exact) mass is 1230 g/mol. The highest BCUT2D eigenvalue weighted by Gasteiger charge is 2.85. The molecule has 17 unspecified atom stereocenters. The van der Waals surface area contributed by atoms with Gasteiger partial charge in [0, 0.05) is 102 Å². The summed E-state index contributed by atoms with van der Waals surface area (Å²) in [6, 6.07) is 0.388. The minimum absolute atomic E-state index is 0.0285. The minimum atomic E-state index is -1.08. The van der Waals surface area contributed by atoms with Crippen LogP contribution in [0, 0.1) is 45.3 Å². The Kier molecular flexibility index (Phi) is 21.6. The molecule has 4 amide bonds. The van der Waals surface area contributed by atoms with E-state index in [1.807, 2.05) is 25.6 Å². The van der Waals surface area contributed by atoms with Gasteiger partial charge in [-0.15, -0.1) is 0 Å². The average Bonchev–Trinajstić information content (AvgIpc) is 1.46. The van der Waals surface area contributed by atoms with E-state index < -0.39 is 29.0 Å². The predicted molar refractivity (Wildman–Crippen MR) is 328 cm³/mol. The van der Waals surface area contributed by atoms with E-state index in [0.29, 0.717) is 103 Å². The Morgan fingerprint density at radius 2 is 1.60 bits per heavy atom. The van der Waals surface area contributed by atoms with Gasteiger partial charge in [-0.3, -0.25) is 14.5 Å². The maximum atomic E-state index is 12.8. The summed E-state index contributed by atoms with van der Waals surface area (Å²) in [5.74, 6) is 2.18. The summed E-state index contributed by atoms with van der Waals surface area (Å²) in [4.78, 5) is 41.6. The van der Waals surface area contributed by atoms with Crippen LogP contribution in [0.25, 0.3) is 0 Å². The molecule has 0 aromatic rings. The zero-order chi connectivity index (χ0) is 61.1. The Hall–Kier alpha value is -2.32. The molecule has 0 bridgehead atoms. The number of hydrogen-bond donors (Lipinski definition) is 7. The van der Waals surface area contributed by atoms with Crippen molar-refractivity contribution in [2.75, 3.05) is 111 Å². The highest BCUT2D eigenvalue weighted by Crippen LogP contribution is 2.87. The average molecular weight is 1230 g/mol. The van der Waals surface area contributed by atoms with Gasteiger partial charge in [0.2, 0.25) is 11.8 Å². The fourth-order valence-electron chi connectivity index (χ4n) is 18.8. The largest absolute Gasteiger partial charge is 0.388 e. The van der Waals surface area contributed by atoms with Gasteiger partial charge in [0.25, 0.3) is 0 Å². The zero-order valence-corrected chi connectivity index (χ0v) is 54.4.